The van der Waals surface area contributed by atoms with Crippen LogP contribution in [0.25, 0.3) is 0 Å². The Bertz CT molecular complexity index is 711. The molecule has 0 heterocycles. The predicted molar refractivity (Wildman–Crippen MR) is 97.1 cm³/mol. The Morgan fingerprint density at radius 1 is 1.33 bits per heavy atom. The second-order valence-electron chi connectivity index (χ2n) is 5.31. The highest BCUT2D eigenvalue weighted by atomic mass is 35.5. The Morgan fingerprint density at radius 2 is 2.12 bits per heavy atom. The molecule has 24 heavy (non-hydrogen) atoms. The predicted octanol–water partition coefficient (Wildman–Crippen LogP) is 4.60. The monoisotopic (exact) mass is 367 g/mol. The molecule has 6 heteroatoms. The Morgan fingerprint density at radius 3 is 2.79 bits per heavy atom. The fourth-order valence-corrected chi connectivity index (χ4v) is 3.21. The molecule has 2 aromatic carbocycles. The van der Waals surface area contributed by atoms with Gasteiger partial charge in [0.1, 0.15) is 0 Å². The number of rotatable bonds is 7. The van der Waals surface area contributed by atoms with Gasteiger partial charge in [-0.2, -0.15) is 0 Å². The van der Waals surface area contributed by atoms with Crippen LogP contribution in [0.1, 0.15) is 24.1 Å². The first-order valence-electron chi connectivity index (χ1n) is 7.44. The van der Waals surface area contributed by atoms with Crippen LogP contribution in [0.15, 0.2) is 42.5 Å². The SMILES string of the molecule is COc1ccc(C(C)NC(=O)CSCc2cccc(Cl)c2)cc1F. The molecular formula is C18H19ClFNO2S. The van der Waals surface area contributed by atoms with E-state index >= 15 is 0 Å². The number of hydrogen-bond acceptors (Lipinski definition) is 3. The van der Waals surface area contributed by atoms with Gasteiger partial charge in [0.2, 0.25) is 5.91 Å². The number of thioether (sulfide) groups is 1. The maximum absolute atomic E-state index is 13.7. The summed E-state index contributed by atoms with van der Waals surface area (Å²) in [6.07, 6.45) is 0. The average molecular weight is 368 g/mol. The molecule has 1 amide bonds. The van der Waals surface area contributed by atoms with E-state index in [2.05, 4.69) is 5.32 Å². The van der Waals surface area contributed by atoms with Crippen LogP contribution in [0.3, 0.4) is 0 Å². The number of amides is 1. The van der Waals surface area contributed by atoms with E-state index in [1.165, 1.54) is 24.9 Å². The van der Waals surface area contributed by atoms with Crippen molar-refractivity contribution in [2.75, 3.05) is 12.9 Å². The second kappa shape index (κ2) is 8.94. The van der Waals surface area contributed by atoms with E-state index < -0.39 is 5.82 Å². The molecular weight excluding hydrogens is 349 g/mol. The summed E-state index contributed by atoms with van der Waals surface area (Å²) in [4.78, 5) is 12.0. The Labute approximate surface area is 150 Å². The molecule has 0 radical (unpaired) electrons. The number of halogens is 2. The van der Waals surface area contributed by atoms with Crippen molar-refractivity contribution >= 4 is 29.3 Å². The molecule has 1 atom stereocenters. The van der Waals surface area contributed by atoms with Gasteiger partial charge in [0.15, 0.2) is 11.6 Å². The van der Waals surface area contributed by atoms with Crippen molar-refractivity contribution < 1.29 is 13.9 Å². The van der Waals surface area contributed by atoms with Gasteiger partial charge in [0.25, 0.3) is 0 Å². The van der Waals surface area contributed by atoms with Crippen molar-refractivity contribution in [3.63, 3.8) is 0 Å². The summed E-state index contributed by atoms with van der Waals surface area (Å²) >= 11 is 7.43. The molecule has 0 aliphatic rings. The molecule has 1 unspecified atom stereocenters. The highest BCUT2D eigenvalue weighted by Gasteiger charge is 2.12. The normalized spacial score (nSPS) is 11.8. The van der Waals surface area contributed by atoms with E-state index in [0.717, 1.165) is 5.56 Å². The topological polar surface area (TPSA) is 38.3 Å². The van der Waals surface area contributed by atoms with E-state index in [4.69, 9.17) is 16.3 Å². The van der Waals surface area contributed by atoms with Gasteiger partial charge in [-0.1, -0.05) is 29.8 Å². The van der Waals surface area contributed by atoms with E-state index in [9.17, 15) is 9.18 Å². The molecule has 2 aromatic rings. The highest BCUT2D eigenvalue weighted by Crippen LogP contribution is 2.22. The maximum Gasteiger partial charge on any atom is 0.230 e. The smallest absolute Gasteiger partial charge is 0.230 e. The van der Waals surface area contributed by atoms with Crippen molar-refractivity contribution in [2.24, 2.45) is 0 Å². The molecule has 0 saturated heterocycles. The lowest BCUT2D eigenvalue weighted by Gasteiger charge is -2.15. The molecule has 0 aliphatic carbocycles. The van der Waals surface area contributed by atoms with Gasteiger partial charge in [0, 0.05) is 10.8 Å². The van der Waals surface area contributed by atoms with Crippen LogP contribution in [-0.4, -0.2) is 18.8 Å². The molecule has 0 aliphatic heterocycles. The van der Waals surface area contributed by atoms with Crippen LogP contribution in [0.2, 0.25) is 5.02 Å². The number of methoxy groups -OCH3 is 1. The second-order valence-corrected chi connectivity index (χ2v) is 6.73. The summed E-state index contributed by atoms with van der Waals surface area (Å²) in [7, 11) is 1.42. The quantitative estimate of drug-likeness (QED) is 0.777. The number of ether oxygens (including phenoxy) is 1. The van der Waals surface area contributed by atoms with Crippen molar-refractivity contribution in [3.8, 4) is 5.75 Å². The number of benzene rings is 2. The summed E-state index contributed by atoms with van der Waals surface area (Å²) in [6.45, 7) is 1.82. The Kier molecular flexibility index (Phi) is 6.94. The van der Waals surface area contributed by atoms with E-state index in [1.807, 2.05) is 31.2 Å². The van der Waals surface area contributed by atoms with E-state index in [0.29, 0.717) is 22.1 Å². The summed E-state index contributed by atoms with van der Waals surface area (Å²) in [6, 6.07) is 12.0. The summed E-state index contributed by atoms with van der Waals surface area (Å²) in [5, 5.41) is 3.55. The first-order valence-corrected chi connectivity index (χ1v) is 8.98. The van der Waals surface area contributed by atoms with Gasteiger partial charge < -0.3 is 10.1 Å². The maximum atomic E-state index is 13.7. The molecule has 0 spiro atoms. The number of carbonyl (C=O) groups is 1. The third-order valence-corrected chi connectivity index (χ3v) is 4.68. The zero-order valence-corrected chi connectivity index (χ0v) is 15.1. The minimum atomic E-state index is -0.438. The number of carbonyl (C=O) groups excluding carboxylic acids is 1. The van der Waals surface area contributed by atoms with Gasteiger partial charge in [-0.05, 0) is 42.3 Å². The van der Waals surface area contributed by atoms with Crippen LogP contribution in [-0.2, 0) is 10.5 Å². The fraction of sp³-hybridized carbons (Fsp3) is 0.278. The first kappa shape index (κ1) is 18.6. The molecule has 0 saturated carbocycles. The van der Waals surface area contributed by atoms with Crippen molar-refractivity contribution in [2.45, 2.75) is 18.7 Å². The zero-order valence-electron chi connectivity index (χ0n) is 13.5. The van der Waals surface area contributed by atoms with Crippen molar-refractivity contribution in [3.05, 3.63) is 64.4 Å². The Hall–Kier alpha value is -1.72. The lowest BCUT2D eigenvalue weighted by Crippen LogP contribution is -2.28. The number of hydrogen-bond donors (Lipinski definition) is 1. The van der Waals surface area contributed by atoms with Crippen molar-refractivity contribution in [1.82, 2.24) is 5.32 Å². The molecule has 2 rings (SSSR count). The zero-order chi connectivity index (χ0) is 17.5. The van der Waals surface area contributed by atoms with E-state index in [1.54, 1.807) is 12.1 Å². The molecule has 128 valence electrons. The van der Waals surface area contributed by atoms with Crippen LogP contribution in [0.4, 0.5) is 4.39 Å². The van der Waals surface area contributed by atoms with Crippen LogP contribution >= 0.6 is 23.4 Å². The Balaban J connectivity index is 1.82. The third kappa shape index (κ3) is 5.42. The number of nitrogens with one attached hydrogen (secondary N) is 1. The van der Waals surface area contributed by atoms with Gasteiger partial charge >= 0.3 is 0 Å². The van der Waals surface area contributed by atoms with Gasteiger partial charge in [0.05, 0.1) is 18.9 Å². The van der Waals surface area contributed by atoms with Crippen LogP contribution in [0, 0.1) is 5.82 Å². The average Bonchev–Trinajstić information content (AvgIpc) is 2.54. The third-order valence-electron chi connectivity index (χ3n) is 3.44. The van der Waals surface area contributed by atoms with Gasteiger partial charge in [-0.15, -0.1) is 11.8 Å². The largest absolute Gasteiger partial charge is 0.494 e. The molecule has 0 aromatic heterocycles. The summed E-state index contributed by atoms with van der Waals surface area (Å²) < 4.78 is 18.6. The highest BCUT2D eigenvalue weighted by molar-refractivity contribution is 7.99. The van der Waals surface area contributed by atoms with Gasteiger partial charge in [-0.25, -0.2) is 4.39 Å². The minimum Gasteiger partial charge on any atom is -0.494 e. The molecule has 0 fully saturated rings. The summed E-state index contributed by atoms with van der Waals surface area (Å²) in [5.74, 6) is 0.696. The summed E-state index contributed by atoms with van der Waals surface area (Å²) in [5.41, 5.74) is 1.77. The molecule has 1 N–H and O–H groups in total. The standard InChI is InChI=1S/C18H19ClFNO2S/c1-12(14-6-7-17(23-2)16(20)9-14)21-18(22)11-24-10-13-4-3-5-15(19)8-13/h3-9,12H,10-11H2,1-2H3,(H,21,22). The van der Waals surface area contributed by atoms with Crippen LogP contribution < -0.4 is 10.1 Å². The lowest BCUT2D eigenvalue weighted by molar-refractivity contribution is -0.119. The fourth-order valence-electron chi connectivity index (χ4n) is 2.21. The van der Waals surface area contributed by atoms with Crippen molar-refractivity contribution in [1.29, 1.82) is 0 Å². The van der Waals surface area contributed by atoms with E-state index in [-0.39, 0.29) is 17.7 Å². The minimum absolute atomic E-state index is 0.0919. The lowest BCUT2D eigenvalue weighted by atomic mass is 10.1. The van der Waals surface area contributed by atoms with Crippen LogP contribution in [0.5, 0.6) is 5.75 Å². The van der Waals surface area contributed by atoms with Gasteiger partial charge in [-0.3, -0.25) is 4.79 Å². The first-order chi connectivity index (χ1) is 11.5. The molecule has 3 nitrogen and oxygen atoms in total. The molecule has 0 bridgehead atoms.